The highest BCUT2D eigenvalue weighted by atomic mass is 16.5. The van der Waals surface area contributed by atoms with Crippen LogP contribution in [0, 0.1) is 19.3 Å². The minimum Gasteiger partial charge on any atom is -0.360 e. The zero-order chi connectivity index (χ0) is 19.3. The lowest BCUT2D eigenvalue weighted by atomic mass is 10.2. The summed E-state index contributed by atoms with van der Waals surface area (Å²) in [5, 5.41) is 14.9. The second-order valence-corrected chi connectivity index (χ2v) is 6.28. The van der Waals surface area contributed by atoms with E-state index >= 15 is 0 Å². The number of amides is 1. The molecule has 4 heterocycles. The molecule has 0 atom stereocenters. The molecule has 4 aromatic rings. The maximum absolute atomic E-state index is 12.9. The summed E-state index contributed by atoms with van der Waals surface area (Å²) in [5.74, 6) is 0.230. The Morgan fingerprint density at radius 2 is 2.04 bits per heavy atom. The van der Waals surface area contributed by atoms with Gasteiger partial charge in [0, 0.05) is 19.3 Å². The highest BCUT2D eigenvalue weighted by molar-refractivity contribution is 6.05. The van der Waals surface area contributed by atoms with Gasteiger partial charge in [-0.1, -0.05) is 11.2 Å². The third-order valence-electron chi connectivity index (χ3n) is 4.38. The maximum atomic E-state index is 12.9. The van der Waals surface area contributed by atoms with Gasteiger partial charge >= 0.3 is 0 Å². The van der Waals surface area contributed by atoms with E-state index in [1.54, 1.807) is 32.3 Å². The van der Waals surface area contributed by atoms with E-state index in [1.165, 1.54) is 15.0 Å². The first-order valence-electron chi connectivity index (χ1n) is 8.18. The Morgan fingerprint density at radius 1 is 1.26 bits per heavy atom. The van der Waals surface area contributed by atoms with Gasteiger partial charge in [0.1, 0.15) is 22.5 Å². The van der Waals surface area contributed by atoms with Gasteiger partial charge in [-0.2, -0.15) is 0 Å². The summed E-state index contributed by atoms with van der Waals surface area (Å²) in [7, 11) is 1.60. The van der Waals surface area contributed by atoms with Crippen molar-refractivity contribution in [3.05, 3.63) is 63.2 Å². The fourth-order valence-electron chi connectivity index (χ4n) is 2.96. The third kappa shape index (κ3) is 2.60. The number of nitrogens with zero attached hydrogens (tertiary/aromatic N) is 4. The zero-order valence-corrected chi connectivity index (χ0v) is 14.9. The van der Waals surface area contributed by atoms with E-state index in [9.17, 15) is 9.59 Å². The predicted octanol–water partition coefficient (Wildman–Crippen LogP) is 1.52. The summed E-state index contributed by atoms with van der Waals surface area (Å²) in [6.07, 6.45) is 1.63. The highest BCUT2D eigenvalue weighted by Gasteiger charge is 2.17. The second-order valence-electron chi connectivity index (χ2n) is 6.28. The number of hydrogen-bond acceptors (Lipinski definition) is 6. The van der Waals surface area contributed by atoms with Crippen LogP contribution in [0.25, 0.3) is 16.7 Å². The molecule has 0 aliphatic heterocycles. The Hall–Kier alpha value is -3.75. The second kappa shape index (κ2) is 5.90. The standard InChI is InChI=1S/C18H16N6O3/c1-9-5-4-6-24-15(9)21-16-12(18(24)26)8-11(14(19)23(16)3)17(25)20-13-7-10(2)27-22-13/h4-8,19H,1-3H3,(H,20,22,25). The van der Waals surface area contributed by atoms with Gasteiger partial charge in [-0.25, -0.2) is 4.98 Å². The molecule has 0 saturated heterocycles. The van der Waals surface area contributed by atoms with Gasteiger partial charge in [-0.15, -0.1) is 0 Å². The van der Waals surface area contributed by atoms with E-state index in [1.807, 2.05) is 13.0 Å². The van der Waals surface area contributed by atoms with Crippen LogP contribution in [0.5, 0.6) is 0 Å². The van der Waals surface area contributed by atoms with Crippen LogP contribution in [0.1, 0.15) is 21.7 Å². The Kier molecular flexibility index (Phi) is 3.65. The molecule has 4 aromatic heterocycles. The number of anilines is 1. The van der Waals surface area contributed by atoms with Gasteiger partial charge in [0.05, 0.1) is 10.9 Å². The van der Waals surface area contributed by atoms with Crippen LogP contribution in [-0.2, 0) is 7.05 Å². The molecule has 0 fully saturated rings. The van der Waals surface area contributed by atoms with Crippen LogP contribution in [0.3, 0.4) is 0 Å². The smallest absolute Gasteiger partial charge is 0.267 e. The number of nitrogens with one attached hydrogen (secondary N) is 2. The summed E-state index contributed by atoms with van der Waals surface area (Å²) in [4.78, 5) is 30.1. The Balaban J connectivity index is 1.95. The molecule has 0 bridgehead atoms. The first-order valence-corrected chi connectivity index (χ1v) is 8.18. The number of fused-ring (bicyclic) bond motifs is 2. The molecule has 0 spiro atoms. The summed E-state index contributed by atoms with van der Waals surface area (Å²) < 4.78 is 7.78. The lowest BCUT2D eigenvalue weighted by Crippen LogP contribution is -2.30. The molecular weight excluding hydrogens is 348 g/mol. The first-order chi connectivity index (χ1) is 12.9. The van der Waals surface area contributed by atoms with Crippen molar-refractivity contribution in [1.29, 1.82) is 5.41 Å². The maximum Gasteiger partial charge on any atom is 0.267 e. The summed E-state index contributed by atoms with van der Waals surface area (Å²) in [6.45, 7) is 3.56. The number of hydrogen-bond donors (Lipinski definition) is 2. The Morgan fingerprint density at radius 3 is 2.74 bits per heavy atom. The predicted molar refractivity (Wildman–Crippen MR) is 97.7 cm³/mol. The fourth-order valence-corrected chi connectivity index (χ4v) is 2.96. The average Bonchev–Trinajstić information content (AvgIpc) is 3.04. The molecule has 0 aliphatic carbocycles. The zero-order valence-electron chi connectivity index (χ0n) is 14.9. The van der Waals surface area contributed by atoms with E-state index in [4.69, 9.17) is 9.93 Å². The van der Waals surface area contributed by atoms with Gasteiger partial charge in [-0.05, 0) is 31.5 Å². The van der Waals surface area contributed by atoms with Crippen LogP contribution in [0.15, 0.2) is 39.8 Å². The number of carbonyl (C=O) groups is 1. The largest absolute Gasteiger partial charge is 0.360 e. The van der Waals surface area contributed by atoms with E-state index in [2.05, 4.69) is 15.5 Å². The summed E-state index contributed by atoms with van der Waals surface area (Å²) in [6, 6.07) is 6.58. The molecule has 0 radical (unpaired) electrons. The highest BCUT2D eigenvalue weighted by Crippen LogP contribution is 2.13. The van der Waals surface area contributed by atoms with E-state index in [0.29, 0.717) is 17.1 Å². The van der Waals surface area contributed by atoms with Crippen LogP contribution >= 0.6 is 0 Å². The normalized spacial score (nSPS) is 11.2. The molecule has 0 unspecified atom stereocenters. The van der Waals surface area contributed by atoms with Gasteiger partial charge in [0.15, 0.2) is 5.82 Å². The lowest BCUT2D eigenvalue weighted by Gasteiger charge is -2.11. The molecule has 4 rings (SSSR count). The molecule has 0 aliphatic rings. The monoisotopic (exact) mass is 364 g/mol. The van der Waals surface area contributed by atoms with Gasteiger partial charge in [0.2, 0.25) is 0 Å². The number of aromatic nitrogens is 4. The van der Waals surface area contributed by atoms with Crippen LogP contribution in [0.4, 0.5) is 5.82 Å². The quantitative estimate of drug-likeness (QED) is 0.523. The van der Waals surface area contributed by atoms with Crippen LogP contribution < -0.4 is 16.4 Å². The lowest BCUT2D eigenvalue weighted by molar-refractivity contribution is 0.102. The number of aryl methyl sites for hydroxylation is 3. The molecule has 136 valence electrons. The molecule has 1 amide bonds. The van der Waals surface area contributed by atoms with Crippen LogP contribution in [0.2, 0.25) is 0 Å². The third-order valence-corrected chi connectivity index (χ3v) is 4.38. The van der Waals surface area contributed by atoms with Crippen molar-refractivity contribution in [1.82, 2.24) is 19.1 Å². The van der Waals surface area contributed by atoms with E-state index in [0.717, 1.165) is 5.56 Å². The first kappa shape index (κ1) is 16.7. The topological polar surface area (TPSA) is 118 Å². The van der Waals surface area contributed by atoms with Crippen molar-refractivity contribution in [2.45, 2.75) is 13.8 Å². The molecule has 2 N–H and O–H groups in total. The van der Waals surface area contributed by atoms with Crippen LogP contribution in [-0.4, -0.2) is 25.0 Å². The number of rotatable bonds is 2. The van der Waals surface area contributed by atoms with Crippen molar-refractivity contribution in [2.24, 2.45) is 7.05 Å². The van der Waals surface area contributed by atoms with Crippen molar-refractivity contribution >= 4 is 28.4 Å². The molecule has 27 heavy (non-hydrogen) atoms. The molecule has 9 heteroatoms. The summed E-state index contributed by atoms with van der Waals surface area (Å²) in [5.41, 5.74) is 1.36. The minimum absolute atomic E-state index is 0.0390. The van der Waals surface area contributed by atoms with Gasteiger partial charge in [0.25, 0.3) is 11.5 Å². The summed E-state index contributed by atoms with van der Waals surface area (Å²) >= 11 is 0. The number of carbonyl (C=O) groups excluding carboxylic acids is 1. The molecule has 0 saturated carbocycles. The van der Waals surface area contributed by atoms with E-state index < -0.39 is 5.91 Å². The van der Waals surface area contributed by atoms with Gasteiger partial charge in [-0.3, -0.25) is 19.4 Å². The SMILES string of the molecule is Cc1cc(NC(=O)c2cc3c(=O)n4cccc(C)c4nc3n(C)c2=N)no1. The van der Waals surface area contributed by atoms with Crippen molar-refractivity contribution in [3.63, 3.8) is 0 Å². The minimum atomic E-state index is -0.556. The van der Waals surface area contributed by atoms with E-state index in [-0.39, 0.29) is 27.8 Å². The number of pyridine rings is 2. The molecule has 9 nitrogen and oxygen atoms in total. The molecular formula is C18H16N6O3. The van der Waals surface area contributed by atoms with Gasteiger partial charge < -0.3 is 14.4 Å². The average molecular weight is 364 g/mol. The van der Waals surface area contributed by atoms with Crippen molar-refractivity contribution in [2.75, 3.05) is 5.32 Å². The van der Waals surface area contributed by atoms with Crippen molar-refractivity contribution in [3.8, 4) is 0 Å². The molecule has 0 aromatic carbocycles. The fraction of sp³-hybridized carbons (Fsp3) is 0.167. The Bertz CT molecular complexity index is 1350. The van der Waals surface area contributed by atoms with Crippen molar-refractivity contribution < 1.29 is 9.32 Å². The Labute approximate surface area is 152 Å².